The molecule has 0 spiro atoms. The standard InChI is InChI=1S/C26H53O6PS/c1-5-8-10-12-13-14-16-18-21-34-25(19-17-15-11-9-6-2)23(4)32-24(26(27)28)22-33(29,30)31-20-7-3/h23-25H,5-22H2,1-4H3,(H,27,28)(H,29,30). The molecule has 34 heavy (non-hydrogen) atoms. The zero-order chi connectivity index (χ0) is 25.7. The first kappa shape index (κ1) is 33.9. The van der Waals surface area contributed by atoms with E-state index in [2.05, 4.69) is 13.8 Å². The van der Waals surface area contributed by atoms with E-state index in [1.165, 1.54) is 70.6 Å². The molecule has 4 unspecified atom stereocenters. The lowest BCUT2D eigenvalue weighted by Crippen LogP contribution is -2.36. The Morgan fingerprint density at radius 1 is 0.853 bits per heavy atom. The number of carboxylic acid groups (broad SMARTS) is 1. The van der Waals surface area contributed by atoms with Crippen molar-refractivity contribution in [2.75, 3.05) is 18.5 Å². The summed E-state index contributed by atoms with van der Waals surface area (Å²) in [6, 6.07) is 0. The van der Waals surface area contributed by atoms with Crippen LogP contribution in [0.4, 0.5) is 0 Å². The number of unbranched alkanes of at least 4 members (excludes halogenated alkanes) is 11. The summed E-state index contributed by atoms with van der Waals surface area (Å²) in [5.41, 5.74) is 0. The van der Waals surface area contributed by atoms with Crippen molar-refractivity contribution < 1.29 is 28.6 Å². The Morgan fingerprint density at radius 2 is 1.38 bits per heavy atom. The second-order valence-corrected chi connectivity index (χ2v) is 12.7. The molecule has 0 fully saturated rings. The molecule has 204 valence electrons. The fraction of sp³-hybridized carbons (Fsp3) is 0.962. The maximum absolute atomic E-state index is 12.3. The van der Waals surface area contributed by atoms with Crippen molar-refractivity contribution in [3.8, 4) is 0 Å². The average Bonchev–Trinajstić information content (AvgIpc) is 2.79. The number of carboxylic acids is 1. The second-order valence-electron chi connectivity index (χ2n) is 9.41. The Bertz CT molecular complexity index is 533. The van der Waals surface area contributed by atoms with E-state index in [9.17, 15) is 19.4 Å². The monoisotopic (exact) mass is 524 g/mol. The lowest BCUT2D eigenvalue weighted by atomic mass is 10.1. The molecular formula is C26H53O6PS. The zero-order valence-electron chi connectivity index (χ0n) is 22.3. The van der Waals surface area contributed by atoms with Crippen molar-refractivity contribution in [2.45, 2.75) is 141 Å². The first-order valence-electron chi connectivity index (χ1n) is 13.7. The molecule has 0 aliphatic carbocycles. The summed E-state index contributed by atoms with van der Waals surface area (Å²) in [6.45, 7) is 8.31. The fourth-order valence-electron chi connectivity index (χ4n) is 3.90. The van der Waals surface area contributed by atoms with Crippen LogP contribution in [0.3, 0.4) is 0 Å². The van der Waals surface area contributed by atoms with Crippen LogP contribution >= 0.6 is 19.4 Å². The van der Waals surface area contributed by atoms with E-state index < -0.39 is 25.8 Å². The highest BCUT2D eigenvalue weighted by molar-refractivity contribution is 7.99. The van der Waals surface area contributed by atoms with Gasteiger partial charge in [-0.3, -0.25) is 4.57 Å². The Balaban J connectivity index is 4.70. The number of thioether (sulfide) groups is 1. The van der Waals surface area contributed by atoms with Crippen LogP contribution in [0.5, 0.6) is 0 Å². The molecule has 0 amide bonds. The van der Waals surface area contributed by atoms with Gasteiger partial charge >= 0.3 is 13.6 Å². The van der Waals surface area contributed by atoms with Crippen LogP contribution in [-0.2, 0) is 18.6 Å². The molecule has 2 N–H and O–H groups in total. The van der Waals surface area contributed by atoms with Gasteiger partial charge in [-0.1, -0.05) is 97.8 Å². The van der Waals surface area contributed by atoms with Gasteiger partial charge in [-0.25, -0.2) is 4.79 Å². The molecular weight excluding hydrogens is 471 g/mol. The van der Waals surface area contributed by atoms with E-state index in [-0.39, 0.29) is 18.0 Å². The highest BCUT2D eigenvalue weighted by Gasteiger charge is 2.33. The summed E-state index contributed by atoms with van der Waals surface area (Å²) in [4.78, 5) is 21.8. The van der Waals surface area contributed by atoms with Crippen molar-refractivity contribution in [3.63, 3.8) is 0 Å². The predicted octanol–water partition coefficient (Wildman–Crippen LogP) is 8.06. The third-order valence-electron chi connectivity index (χ3n) is 5.99. The SMILES string of the molecule is CCCCCCCCCCSC(CCCCCCC)C(C)OC(CP(=O)(O)OCCC)C(=O)O. The summed E-state index contributed by atoms with van der Waals surface area (Å²) < 4.78 is 23.1. The molecule has 0 radical (unpaired) electrons. The molecule has 0 aliphatic rings. The van der Waals surface area contributed by atoms with Gasteiger partial charge in [0, 0.05) is 5.25 Å². The molecule has 0 rings (SSSR count). The Labute approximate surface area is 213 Å². The summed E-state index contributed by atoms with van der Waals surface area (Å²) in [6.07, 6.45) is 15.6. The van der Waals surface area contributed by atoms with Gasteiger partial charge in [-0.05, 0) is 31.9 Å². The Hall–Kier alpha value is -0.0700. The maximum atomic E-state index is 12.3. The molecule has 0 saturated heterocycles. The van der Waals surface area contributed by atoms with Crippen LogP contribution in [0.1, 0.15) is 124 Å². The van der Waals surface area contributed by atoms with E-state index in [0.29, 0.717) is 6.42 Å². The van der Waals surface area contributed by atoms with Gasteiger partial charge in [0.1, 0.15) is 0 Å². The zero-order valence-corrected chi connectivity index (χ0v) is 24.1. The Kier molecular flexibility index (Phi) is 22.1. The van der Waals surface area contributed by atoms with Crippen LogP contribution in [0.2, 0.25) is 0 Å². The number of hydrogen-bond acceptors (Lipinski definition) is 5. The van der Waals surface area contributed by atoms with Crippen molar-refractivity contribution in [3.05, 3.63) is 0 Å². The summed E-state index contributed by atoms with van der Waals surface area (Å²) in [7, 11) is -4.00. The third kappa shape index (κ3) is 19.2. The molecule has 8 heteroatoms. The third-order valence-corrected chi connectivity index (χ3v) is 8.94. The van der Waals surface area contributed by atoms with Gasteiger partial charge < -0.3 is 19.3 Å². The average molecular weight is 525 g/mol. The molecule has 0 aromatic rings. The number of carbonyl (C=O) groups is 1. The van der Waals surface area contributed by atoms with Crippen LogP contribution < -0.4 is 0 Å². The lowest BCUT2D eigenvalue weighted by Gasteiger charge is -2.27. The molecule has 0 bridgehead atoms. The normalized spacial score (nSPS) is 16.1. The van der Waals surface area contributed by atoms with Crippen molar-refractivity contribution in [2.24, 2.45) is 0 Å². The van der Waals surface area contributed by atoms with Gasteiger partial charge in [0.05, 0.1) is 18.9 Å². The topological polar surface area (TPSA) is 93.1 Å². The summed E-state index contributed by atoms with van der Waals surface area (Å²) in [5, 5.41) is 9.78. The minimum atomic E-state index is -4.00. The molecule has 0 saturated carbocycles. The van der Waals surface area contributed by atoms with Gasteiger partial charge in [0.25, 0.3) is 0 Å². The maximum Gasteiger partial charge on any atom is 0.333 e. The van der Waals surface area contributed by atoms with E-state index in [1.807, 2.05) is 25.6 Å². The Morgan fingerprint density at radius 3 is 1.91 bits per heavy atom. The highest BCUT2D eigenvalue weighted by Crippen LogP contribution is 2.43. The minimum Gasteiger partial charge on any atom is -0.479 e. The number of aliphatic carboxylic acids is 1. The van der Waals surface area contributed by atoms with E-state index in [4.69, 9.17) is 9.26 Å². The summed E-state index contributed by atoms with van der Waals surface area (Å²) >= 11 is 1.87. The number of rotatable bonds is 25. The van der Waals surface area contributed by atoms with Crippen LogP contribution in [0.25, 0.3) is 0 Å². The van der Waals surface area contributed by atoms with E-state index in [0.717, 1.165) is 25.0 Å². The van der Waals surface area contributed by atoms with Crippen LogP contribution in [0, 0.1) is 0 Å². The number of hydrogen-bond donors (Lipinski definition) is 2. The molecule has 0 aromatic carbocycles. The van der Waals surface area contributed by atoms with Crippen molar-refractivity contribution in [1.82, 2.24) is 0 Å². The number of ether oxygens (including phenoxy) is 1. The summed E-state index contributed by atoms with van der Waals surface area (Å²) in [5.74, 6) is -0.172. The second kappa shape index (κ2) is 22.2. The van der Waals surface area contributed by atoms with Gasteiger partial charge in [-0.15, -0.1) is 0 Å². The quantitative estimate of drug-likeness (QED) is 0.0921. The smallest absolute Gasteiger partial charge is 0.333 e. The van der Waals surface area contributed by atoms with Crippen molar-refractivity contribution in [1.29, 1.82) is 0 Å². The lowest BCUT2D eigenvalue weighted by molar-refractivity contribution is -0.152. The van der Waals surface area contributed by atoms with E-state index >= 15 is 0 Å². The first-order valence-corrected chi connectivity index (χ1v) is 16.5. The van der Waals surface area contributed by atoms with Crippen LogP contribution in [-0.4, -0.2) is 51.9 Å². The van der Waals surface area contributed by atoms with Gasteiger partial charge in [-0.2, -0.15) is 11.8 Å². The molecule has 6 nitrogen and oxygen atoms in total. The minimum absolute atomic E-state index is 0.129. The molecule has 0 heterocycles. The first-order chi connectivity index (χ1) is 16.3. The predicted molar refractivity (Wildman–Crippen MR) is 145 cm³/mol. The fourth-order valence-corrected chi connectivity index (χ4v) is 6.47. The van der Waals surface area contributed by atoms with E-state index in [1.54, 1.807) is 0 Å². The highest BCUT2D eigenvalue weighted by atomic mass is 32.2. The molecule has 4 atom stereocenters. The van der Waals surface area contributed by atoms with Gasteiger partial charge in [0.15, 0.2) is 6.10 Å². The van der Waals surface area contributed by atoms with Gasteiger partial charge in [0.2, 0.25) is 0 Å². The largest absolute Gasteiger partial charge is 0.479 e. The molecule has 0 aliphatic heterocycles. The van der Waals surface area contributed by atoms with Crippen molar-refractivity contribution >= 4 is 25.3 Å². The molecule has 0 aromatic heterocycles. The van der Waals surface area contributed by atoms with Crippen LogP contribution in [0.15, 0.2) is 0 Å².